The zero-order valence-electron chi connectivity index (χ0n) is 12.1. The van der Waals surface area contributed by atoms with Gasteiger partial charge in [-0.1, -0.05) is 0 Å². The molecule has 0 atom stereocenters. The maximum absolute atomic E-state index is 11.7. The van der Waals surface area contributed by atoms with Gasteiger partial charge >= 0.3 is 0 Å². The Bertz CT molecular complexity index is 441. The topological polar surface area (TPSA) is 68.8 Å². The highest BCUT2D eigenvalue weighted by Gasteiger charge is 2.17. The van der Waals surface area contributed by atoms with E-state index in [2.05, 4.69) is 10.6 Å². The van der Waals surface area contributed by atoms with Crippen LogP contribution in [0.2, 0.25) is 0 Å². The highest BCUT2D eigenvalue weighted by molar-refractivity contribution is 5.93. The number of hydrogen-bond donors (Lipinski definition) is 2. The van der Waals surface area contributed by atoms with Crippen molar-refractivity contribution in [3.8, 4) is 17.2 Å². The van der Waals surface area contributed by atoms with Crippen molar-refractivity contribution in [2.75, 3.05) is 40.2 Å². The zero-order chi connectivity index (χ0) is 14.3. The van der Waals surface area contributed by atoms with Gasteiger partial charge in [0.05, 0.1) is 27.0 Å². The van der Waals surface area contributed by atoms with Crippen LogP contribution >= 0.6 is 12.4 Å². The Labute approximate surface area is 125 Å². The number of halogens is 1. The molecule has 1 rings (SSSR count). The first-order chi connectivity index (χ1) is 9.17. The molecule has 0 heterocycles. The van der Waals surface area contributed by atoms with Crippen LogP contribution in [0.5, 0.6) is 17.2 Å². The van der Waals surface area contributed by atoms with E-state index in [0.29, 0.717) is 35.9 Å². The van der Waals surface area contributed by atoms with Gasteiger partial charge in [0.2, 0.25) is 11.7 Å². The van der Waals surface area contributed by atoms with E-state index in [1.807, 2.05) is 0 Å². The van der Waals surface area contributed by atoms with Crippen molar-refractivity contribution in [3.05, 3.63) is 12.1 Å². The second kappa shape index (κ2) is 9.28. The fourth-order valence-electron chi connectivity index (χ4n) is 1.65. The molecule has 0 saturated heterocycles. The minimum absolute atomic E-state index is 0. The van der Waals surface area contributed by atoms with E-state index in [1.165, 1.54) is 14.2 Å². The number of carbonyl (C=O) groups is 1. The lowest BCUT2D eigenvalue weighted by Gasteiger charge is -2.16. The summed E-state index contributed by atoms with van der Waals surface area (Å²) in [5.41, 5.74) is 0.557. The number of methoxy groups -OCH3 is 3. The standard InChI is InChI=1S/C13H20N2O4.ClH/c1-14-8-7-11(16)15-9-5-6-10(17-2)13(19-4)12(9)18-3;/h5-6,14H,7-8H2,1-4H3,(H,15,16);1H. The zero-order valence-corrected chi connectivity index (χ0v) is 12.9. The Kier molecular flexibility index (Phi) is 8.51. The van der Waals surface area contributed by atoms with E-state index in [1.54, 1.807) is 26.3 Å². The van der Waals surface area contributed by atoms with E-state index >= 15 is 0 Å². The van der Waals surface area contributed by atoms with Gasteiger partial charge in [-0.3, -0.25) is 4.79 Å². The third-order valence-electron chi connectivity index (χ3n) is 2.58. The molecular weight excluding hydrogens is 284 g/mol. The minimum atomic E-state index is -0.0973. The lowest BCUT2D eigenvalue weighted by molar-refractivity contribution is -0.116. The quantitative estimate of drug-likeness (QED) is 0.802. The summed E-state index contributed by atoms with van der Waals surface area (Å²) in [6.45, 7) is 0.613. The average Bonchev–Trinajstić information content (AvgIpc) is 2.44. The van der Waals surface area contributed by atoms with Gasteiger partial charge in [0.1, 0.15) is 0 Å². The van der Waals surface area contributed by atoms with Crippen LogP contribution in [0, 0.1) is 0 Å². The number of hydrogen-bond acceptors (Lipinski definition) is 5. The molecule has 7 heteroatoms. The molecule has 0 aliphatic rings. The maximum atomic E-state index is 11.7. The smallest absolute Gasteiger partial charge is 0.225 e. The van der Waals surface area contributed by atoms with Crippen LogP contribution in [0.1, 0.15) is 6.42 Å². The van der Waals surface area contributed by atoms with Crippen LogP contribution in [0.25, 0.3) is 0 Å². The molecule has 6 nitrogen and oxygen atoms in total. The summed E-state index contributed by atoms with van der Waals surface area (Å²) in [4.78, 5) is 11.7. The van der Waals surface area contributed by atoms with E-state index in [9.17, 15) is 4.79 Å². The first kappa shape index (κ1) is 18.3. The number of nitrogens with one attached hydrogen (secondary N) is 2. The Morgan fingerprint density at radius 2 is 1.75 bits per heavy atom. The number of amides is 1. The number of rotatable bonds is 7. The first-order valence-corrected chi connectivity index (χ1v) is 5.91. The Morgan fingerprint density at radius 3 is 2.25 bits per heavy atom. The Hall–Kier alpha value is -1.66. The molecule has 0 radical (unpaired) electrons. The second-order valence-electron chi connectivity index (χ2n) is 3.78. The normalized spacial score (nSPS) is 9.40. The van der Waals surface area contributed by atoms with Gasteiger partial charge in [-0.2, -0.15) is 0 Å². The molecule has 0 aromatic heterocycles. The van der Waals surface area contributed by atoms with Gasteiger partial charge in [0.25, 0.3) is 0 Å². The Balaban J connectivity index is 0.00000361. The molecule has 0 aliphatic heterocycles. The number of benzene rings is 1. The molecule has 1 amide bonds. The monoisotopic (exact) mass is 304 g/mol. The molecule has 20 heavy (non-hydrogen) atoms. The van der Waals surface area contributed by atoms with Crippen LogP contribution in [-0.2, 0) is 4.79 Å². The van der Waals surface area contributed by atoms with Gasteiger partial charge in [-0.25, -0.2) is 0 Å². The highest BCUT2D eigenvalue weighted by atomic mass is 35.5. The van der Waals surface area contributed by atoms with Gasteiger partial charge in [0, 0.05) is 13.0 Å². The molecule has 1 aromatic rings. The fourth-order valence-corrected chi connectivity index (χ4v) is 1.65. The summed E-state index contributed by atoms with van der Waals surface area (Å²) in [5, 5.41) is 5.70. The summed E-state index contributed by atoms with van der Waals surface area (Å²) in [7, 11) is 6.38. The van der Waals surface area contributed by atoms with Crippen LogP contribution < -0.4 is 24.8 Å². The molecule has 0 bridgehead atoms. The third kappa shape index (κ3) is 4.47. The van der Waals surface area contributed by atoms with Crippen molar-refractivity contribution in [2.24, 2.45) is 0 Å². The van der Waals surface area contributed by atoms with Crippen molar-refractivity contribution < 1.29 is 19.0 Å². The van der Waals surface area contributed by atoms with Crippen molar-refractivity contribution in [3.63, 3.8) is 0 Å². The number of ether oxygens (including phenoxy) is 3. The lowest BCUT2D eigenvalue weighted by atomic mass is 10.2. The largest absolute Gasteiger partial charge is 0.493 e. The van der Waals surface area contributed by atoms with E-state index in [-0.39, 0.29) is 18.3 Å². The highest BCUT2D eigenvalue weighted by Crippen LogP contribution is 2.42. The fraction of sp³-hybridized carbons (Fsp3) is 0.462. The van der Waals surface area contributed by atoms with Gasteiger partial charge in [-0.15, -0.1) is 12.4 Å². The summed E-state index contributed by atoms with van der Waals surface area (Å²) in [6.07, 6.45) is 0.383. The van der Waals surface area contributed by atoms with E-state index in [4.69, 9.17) is 14.2 Å². The Morgan fingerprint density at radius 1 is 1.10 bits per heavy atom. The summed E-state index contributed by atoms with van der Waals surface area (Å²) in [5.74, 6) is 1.35. The SMILES string of the molecule is CNCCC(=O)Nc1ccc(OC)c(OC)c1OC.Cl. The predicted octanol–water partition coefficient (Wildman–Crippen LogP) is 1.68. The molecule has 1 aromatic carbocycles. The molecule has 0 unspecified atom stereocenters. The van der Waals surface area contributed by atoms with Gasteiger partial charge < -0.3 is 24.8 Å². The van der Waals surface area contributed by atoms with Crippen molar-refractivity contribution in [2.45, 2.75) is 6.42 Å². The van der Waals surface area contributed by atoms with Crippen LogP contribution in [0.15, 0.2) is 12.1 Å². The molecule has 0 fully saturated rings. The lowest BCUT2D eigenvalue weighted by Crippen LogP contribution is -2.19. The maximum Gasteiger partial charge on any atom is 0.225 e. The average molecular weight is 305 g/mol. The molecule has 114 valence electrons. The number of anilines is 1. The van der Waals surface area contributed by atoms with Crippen molar-refractivity contribution in [1.82, 2.24) is 5.32 Å². The molecular formula is C13H21ClN2O4. The summed E-state index contributed by atoms with van der Waals surface area (Å²) >= 11 is 0. The molecule has 0 aliphatic carbocycles. The summed E-state index contributed by atoms with van der Waals surface area (Å²) in [6, 6.07) is 3.44. The second-order valence-corrected chi connectivity index (χ2v) is 3.78. The van der Waals surface area contributed by atoms with Crippen molar-refractivity contribution >= 4 is 24.0 Å². The first-order valence-electron chi connectivity index (χ1n) is 5.91. The molecule has 0 spiro atoms. The van der Waals surface area contributed by atoms with E-state index < -0.39 is 0 Å². The molecule has 2 N–H and O–H groups in total. The van der Waals surface area contributed by atoms with Crippen LogP contribution in [0.4, 0.5) is 5.69 Å². The third-order valence-corrected chi connectivity index (χ3v) is 2.58. The van der Waals surface area contributed by atoms with E-state index in [0.717, 1.165) is 0 Å². The van der Waals surface area contributed by atoms with Gasteiger partial charge in [-0.05, 0) is 19.2 Å². The van der Waals surface area contributed by atoms with Crippen molar-refractivity contribution in [1.29, 1.82) is 0 Å². The summed E-state index contributed by atoms with van der Waals surface area (Å²) < 4.78 is 15.7. The minimum Gasteiger partial charge on any atom is -0.493 e. The van der Waals surface area contributed by atoms with Crippen LogP contribution in [0.3, 0.4) is 0 Å². The molecule has 0 saturated carbocycles. The number of carbonyl (C=O) groups excluding carboxylic acids is 1. The van der Waals surface area contributed by atoms with Gasteiger partial charge in [0.15, 0.2) is 11.5 Å². The predicted molar refractivity (Wildman–Crippen MR) is 80.5 cm³/mol. The van der Waals surface area contributed by atoms with Crippen LogP contribution in [-0.4, -0.2) is 40.8 Å².